The minimum Gasteiger partial charge on any atom is -0.486 e. The molecule has 3 rings (SSSR count). The first-order valence-corrected chi connectivity index (χ1v) is 8.57. The normalized spacial score (nSPS) is 14.9. The van der Waals surface area contributed by atoms with Crippen molar-refractivity contribution in [2.24, 2.45) is 0 Å². The molecule has 2 nitrogen and oxygen atoms in total. The highest BCUT2D eigenvalue weighted by molar-refractivity contribution is 9.10. The first-order valence-electron chi connectivity index (χ1n) is 6.55. The molecule has 0 saturated heterocycles. The molecule has 2 aromatic rings. The lowest BCUT2D eigenvalue weighted by Crippen LogP contribution is -2.15. The van der Waals surface area contributed by atoms with Crippen LogP contribution in [0.2, 0.25) is 0 Å². The van der Waals surface area contributed by atoms with E-state index in [1.807, 2.05) is 18.2 Å². The van der Waals surface area contributed by atoms with E-state index < -0.39 is 0 Å². The van der Waals surface area contributed by atoms with Gasteiger partial charge < -0.3 is 9.47 Å². The van der Waals surface area contributed by atoms with Gasteiger partial charge in [-0.2, -0.15) is 0 Å². The Hall–Kier alpha value is -0.710. The lowest BCUT2D eigenvalue weighted by Gasteiger charge is -2.22. The fraction of sp³-hybridized carbons (Fsp3) is 0.250. The van der Waals surface area contributed by atoms with Crippen LogP contribution in [-0.2, 0) is 0 Å². The molecular formula is C16H13Br2ClO2. The third kappa shape index (κ3) is 3.08. The van der Waals surface area contributed by atoms with Gasteiger partial charge >= 0.3 is 0 Å². The Morgan fingerprint density at radius 2 is 1.57 bits per heavy atom. The molecule has 0 bridgehead atoms. The van der Waals surface area contributed by atoms with E-state index in [0.29, 0.717) is 13.2 Å². The van der Waals surface area contributed by atoms with Crippen molar-refractivity contribution in [1.29, 1.82) is 0 Å². The number of alkyl halides is 1. The Morgan fingerprint density at radius 3 is 2.24 bits per heavy atom. The van der Waals surface area contributed by atoms with Crippen molar-refractivity contribution >= 4 is 43.5 Å². The van der Waals surface area contributed by atoms with Gasteiger partial charge in [-0.15, -0.1) is 11.6 Å². The van der Waals surface area contributed by atoms with Gasteiger partial charge in [-0.1, -0.05) is 44.0 Å². The average Bonchev–Trinajstić information content (AvgIpc) is 2.46. The van der Waals surface area contributed by atoms with Gasteiger partial charge in [-0.25, -0.2) is 0 Å². The first kappa shape index (κ1) is 15.2. The maximum atomic E-state index is 6.68. The second kappa shape index (κ2) is 6.19. The summed E-state index contributed by atoms with van der Waals surface area (Å²) in [5.74, 6) is 1.50. The zero-order chi connectivity index (χ0) is 15.0. The van der Waals surface area contributed by atoms with E-state index >= 15 is 0 Å². The van der Waals surface area contributed by atoms with E-state index in [1.165, 1.54) is 5.56 Å². The highest BCUT2D eigenvalue weighted by Gasteiger charge is 2.21. The van der Waals surface area contributed by atoms with E-state index in [1.54, 1.807) is 0 Å². The highest BCUT2D eigenvalue weighted by Crippen LogP contribution is 2.43. The number of ether oxygens (including phenoxy) is 2. The van der Waals surface area contributed by atoms with E-state index in [2.05, 4.69) is 50.9 Å². The van der Waals surface area contributed by atoms with Gasteiger partial charge in [-0.05, 0) is 41.8 Å². The van der Waals surface area contributed by atoms with Crippen LogP contribution in [-0.4, -0.2) is 13.2 Å². The summed E-state index contributed by atoms with van der Waals surface area (Å²) < 4.78 is 13.1. The van der Waals surface area contributed by atoms with E-state index in [-0.39, 0.29) is 5.38 Å². The number of hydrogen-bond donors (Lipinski definition) is 0. The Bertz CT molecular complexity index is 688. The van der Waals surface area contributed by atoms with Gasteiger partial charge in [0.2, 0.25) is 0 Å². The summed E-state index contributed by atoms with van der Waals surface area (Å²) in [6, 6.07) is 10.0. The number of hydrogen-bond acceptors (Lipinski definition) is 2. The molecule has 0 fully saturated rings. The third-order valence-electron chi connectivity index (χ3n) is 3.36. The molecule has 0 amide bonds. The van der Waals surface area contributed by atoms with Crippen LogP contribution in [0.4, 0.5) is 0 Å². The van der Waals surface area contributed by atoms with E-state index in [0.717, 1.165) is 31.6 Å². The van der Waals surface area contributed by atoms with Crippen molar-refractivity contribution in [3.63, 3.8) is 0 Å². The van der Waals surface area contributed by atoms with Crippen LogP contribution < -0.4 is 9.47 Å². The van der Waals surface area contributed by atoms with Gasteiger partial charge in [0.05, 0.1) is 5.38 Å². The third-order valence-corrected chi connectivity index (χ3v) is 5.21. The zero-order valence-corrected chi connectivity index (χ0v) is 15.3. The molecule has 0 spiro atoms. The maximum absolute atomic E-state index is 6.68. The topological polar surface area (TPSA) is 18.5 Å². The van der Waals surface area contributed by atoms with Crippen LogP contribution in [0.25, 0.3) is 0 Å². The maximum Gasteiger partial charge on any atom is 0.162 e. The molecule has 1 heterocycles. The van der Waals surface area contributed by atoms with Crippen molar-refractivity contribution in [3.8, 4) is 11.5 Å². The molecule has 21 heavy (non-hydrogen) atoms. The second-order valence-electron chi connectivity index (χ2n) is 4.90. The van der Waals surface area contributed by atoms with Crippen molar-refractivity contribution in [2.45, 2.75) is 12.3 Å². The number of fused-ring (bicyclic) bond motifs is 1. The van der Waals surface area contributed by atoms with Crippen molar-refractivity contribution in [3.05, 3.63) is 56.0 Å². The minimum atomic E-state index is -0.273. The molecule has 0 saturated carbocycles. The van der Waals surface area contributed by atoms with Crippen LogP contribution in [0.5, 0.6) is 11.5 Å². The second-order valence-corrected chi connectivity index (χ2v) is 7.05. The molecule has 0 radical (unpaired) electrons. The Labute approximate surface area is 145 Å². The SMILES string of the molecule is Cc1ccc(C(Cl)c2cc3c(cc2Br)OCCO3)c(Br)c1. The lowest BCUT2D eigenvalue weighted by molar-refractivity contribution is 0.171. The molecule has 0 aliphatic carbocycles. The molecule has 1 unspecified atom stereocenters. The number of rotatable bonds is 2. The average molecular weight is 433 g/mol. The van der Waals surface area contributed by atoms with Crippen LogP contribution in [0.1, 0.15) is 22.1 Å². The molecule has 5 heteroatoms. The largest absolute Gasteiger partial charge is 0.486 e. The predicted molar refractivity (Wildman–Crippen MR) is 91.7 cm³/mol. The predicted octanol–water partition coefficient (Wildman–Crippen LogP) is 5.62. The van der Waals surface area contributed by atoms with Crippen molar-refractivity contribution in [1.82, 2.24) is 0 Å². The standard InChI is InChI=1S/C16H13Br2ClO2/c1-9-2-3-10(12(17)6-9)16(19)11-7-14-15(8-13(11)18)21-5-4-20-14/h2-3,6-8,16H,4-5H2,1H3. The summed E-state index contributed by atoms with van der Waals surface area (Å²) in [6.07, 6.45) is 0. The van der Waals surface area contributed by atoms with Crippen molar-refractivity contribution < 1.29 is 9.47 Å². The van der Waals surface area contributed by atoms with Gasteiger partial charge in [0, 0.05) is 8.95 Å². The van der Waals surface area contributed by atoms with E-state index in [9.17, 15) is 0 Å². The summed E-state index contributed by atoms with van der Waals surface area (Å²) >= 11 is 13.8. The Balaban J connectivity index is 2.03. The Kier molecular flexibility index (Phi) is 4.48. The fourth-order valence-corrected chi connectivity index (χ4v) is 4.19. The molecule has 1 atom stereocenters. The number of halogens is 3. The fourth-order valence-electron chi connectivity index (χ4n) is 2.28. The van der Waals surface area contributed by atoms with Crippen LogP contribution in [0.15, 0.2) is 39.3 Å². The summed E-state index contributed by atoms with van der Waals surface area (Å²) in [5.41, 5.74) is 3.18. The van der Waals surface area contributed by atoms with Gasteiger partial charge in [0.1, 0.15) is 13.2 Å². The monoisotopic (exact) mass is 430 g/mol. The summed E-state index contributed by atoms with van der Waals surface area (Å²) in [4.78, 5) is 0. The molecule has 1 aliphatic heterocycles. The smallest absolute Gasteiger partial charge is 0.162 e. The number of aryl methyl sites for hydroxylation is 1. The minimum absolute atomic E-state index is 0.273. The van der Waals surface area contributed by atoms with Crippen LogP contribution in [0, 0.1) is 6.92 Å². The molecule has 110 valence electrons. The molecular weight excluding hydrogens is 419 g/mol. The summed E-state index contributed by atoms with van der Waals surface area (Å²) in [5, 5.41) is -0.273. The number of benzene rings is 2. The van der Waals surface area contributed by atoms with Crippen LogP contribution in [0.3, 0.4) is 0 Å². The molecule has 1 aliphatic rings. The van der Waals surface area contributed by atoms with E-state index in [4.69, 9.17) is 21.1 Å². The Morgan fingerprint density at radius 1 is 0.952 bits per heavy atom. The van der Waals surface area contributed by atoms with Crippen molar-refractivity contribution in [2.75, 3.05) is 13.2 Å². The summed E-state index contributed by atoms with van der Waals surface area (Å²) in [7, 11) is 0. The molecule has 2 aromatic carbocycles. The highest BCUT2D eigenvalue weighted by atomic mass is 79.9. The van der Waals surface area contributed by atoms with Gasteiger partial charge in [0.25, 0.3) is 0 Å². The molecule has 0 aromatic heterocycles. The zero-order valence-electron chi connectivity index (χ0n) is 11.3. The van der Waals surface area contributed by atoms with Gasteiger partial charge in [0.15, 0.2) is 11.5 Å². The van der Waals surface area contributed by atoms with Crippen LogP contribution >= 0.6 is 43.5 Å². The first-order chi connectivity index (χ1) is 10.1. The summed E-state index contributed by atoms with van der Waals surface area (Å²) in [6.45, 7) is 3.19. The molecule has 0 N–H and O–H groups in total. The quantitative estimate of drug-likeness (QED) is 0.574. The van der Waals surface area contributed by atoms with Gasteiger partial charge in [-0.3, -0.25) is 0 Å². The lowest BCUT2D eigenvalue weighted by atomic mass is 10.0.